The minimum atomic E-state index is 0.354. The minimum Gasteiger partial charge on any atom is -0.365 e. The third-order valence-electron chi connectivity index (χ3n) is 7.10. The third-order valence-corrected chi connectivity index (χ3v) is 7.10. The molecule has 3 saturated heterocycles. The van der Waals surface area contributed by atoms with E-state index in [1.54, 1.807) is 0 Å². The summed E-state index contributed by atoms with van der Waals surface area (Å²) in [5.41, 5.74) is 2.72. The molecule has 4 heteroatoms. The zero-order valence-electron chi connectivity index (χ0n) is 17.2. The lowest BCUT2D eigenvalue weighted by molar-refractivity contribution is -0.133. The van der Waals surface area contributed by atoms with E-state index < -0.39 is 0 Å². The van der Waals surface area contributed by atoms with E-state index in [0.717, 1.165) is 38.5 Å². The smallest absolute Gasteiger partial charge is 0.237 e. The number of carbonyl (C=O) groups excluding carboxylic acids is 1. The summed E-state index contributed by atoms with van der Waals surface area (Å²) in [7, 11) is 0. The molecular weight excluding hydrogens is 334 g/mol. The van der Waals surface area contributed by atoms with Gasteiger partial charge in [-0.25, -0.2) is 0 Å². The summed E-state index contributed by atoms with van der Waals surface area (Å²) >= 11 is 0. The fourth-order valence-corrected chi connectivity index (χ4v) is 5.17. The number of amides is 1. The van der Waals surface area contributed by atoms with Gasteiger partial charge in [0.2, 0.25) is 5.91 Å². The van der Waals surface area contributed by atoms with Crippen LogP contribution in [0, 0.1) is 5.92 Å². The molecule has 148 valence electrons. The van der Waals surface area contributed by atoms with Crippen LogP contribution in [0.5, 0.6) is 0 Å². The Bertz CT molecular complexity index is 648. The summed E-state index contributed by atoms with van der Waals surface area (Å²) in [6.45, 7) is 11.5. The van der Waals surface area contributed by atoms with Crippen LogP contribution in [0.15, 0.2) is 24.3 Å². The monoisotopic (exact) mass is 369 g/mol. The second kappa shape index (κ2) is 7.83. The predicted molar refractivity (Wildman–Crippen MR) is 111 cm³/mol. The summed E-state index contributed by atoms with van der Waals surface area (Å²) < 4.78 is 0. The van der Waals surface area contributed by atoms with E-state index in [-0.39, 0.29) is 0 Å². The number of rotatable bonds is 5. The zero-order valence-corrected chi connectivity index (χ0v) is 17.2. The fraction of sp³-hybridized carbons (Fsp3) is 0.696. The average molecular weight is 370 g/mol. The lowest BCUT2D eigenvalue weighted by Crippen LogP contribution is -2.52. The molecule has 1 aromatic rings. The molecule has 3 fully saturated rings. The molecule has 3 heterocycles. The molecular formula is C23H35N3O. The Hall–Kier alpha value is -1.55. The van der Waals surface area contributed by atoms with Gasteiger partial charge in [-0.1, -0.05) is 39.3 Å². The van der Waals surface area contributed by atoms with Crippen LogP contribution in [0.4, 0.5) is 5.69 Å². The van der Waals surface area contributed by atoms with E-state index in [4.69, 9.17) is 0 Å². The molecule has 2 bridgehead atoms. The largest absolute Gasteiger partial charge is 0.365 e. The van der Waals surface area contributed by atoms with Gasteiger partial charge in [0.1, 0.15) is 0 Å². The van der Waals surface area contributed by atoms with Gasteiger partial charge in [-0.15, -0.1) is 0 Å². The Morgan fingerprint density at radius 1 is 1.07 bits per heavy atom. The lowest BCUT2D eigenvalue weighted by Gasteiger charge is -2.37. The standard InChI is InChI=1S/C23H35N3O/c1-4-18-9-11-24(12-10-18)16-23(27)26-15-21-13-22(26)14-25(21)20-7-5-19(6-8-20)17(2)3/h5-8,17-18,21-22H,4,9-16H2,1-3H3. The first-order valence-corrected chi connectivity index (χ1v) is 10.9. The molecule has 4 rings (SSSR count). The summed E-state index contributed by atoms with van der Waals surface area (Å²) in [6, 6.07) is 9.94. The highest BCUT2D eigenvalue weighted by molar-refractivity contribution is 5.79. The van der Waals surface area contributed by atoms with Crippen LogP contribution in [0.25, 0.3) is 0 Å². The van der Waals surface area contributed by atoms with E-state index in [1.807, 2.05) is 0 Å². The van der Waals surface area contributed by atoms with Gasteiger partial charge >= 0.3 is 0 Å². The highest BCUT2D eigenvalue weighted by atomic mass is 16.2. The number of fused-ring (bicyclic) bond motifs is 2. The molecule has 0 N–H and O–H groups in total. The number of hydrogen-bond acceptors (Lipinski definition) is 3. The first-order valence-electron chi connectivity index (χ1n) is 10.9. The van der Waals surface area contributed by atoms with Crippen molar-refractivity contribution >= 4 is 11.6 Å². The number of benzene rings is 1. The van der Waals surface area contributed by atoms with Crippen LogP contribution in [-0.2, 0) is 4.79 Å². The van der Waals surface area contributed by atoms with Gasteiger partial charge in [0.05, 0.1) is 12.6 Å². The Labute approximate surface area is 164 Å². The normalized spacial score (nSPS) is 26.4. The molecule has 0 aromatic heterocycles. The van der Waals surface area contributed by atoms with Crippen molar-refractivity contribution in [3.05, 3.63) is 29.8 Å². The molecule has 27 heavy (non-hydrogen) atoms. The molecule has 0 saturated carbocycles. The van der Waals surface area contributed by atoms with Gasteiger partial charge in [-0.2, -0.15) is 0 Å². The summed E-state index contributed by atoms with van der Waals surface area (Å²) in [5.74, 6) is 1.80. The van der Waals surface area contributed by atoms with E-state index in [2.05, 4.69) is 59.7 Å². The molecule has 1 aromatic carbocycles. The molecule has 0 aliphatic carbocycles. The SMILES string of the molecule is CCC1CCN(CC(=O)N2CC3CC2CN3c2ccc(C(C)C)cc2)CC1. The number of piperidine rings is 1. The number of carbonyl (C=O) groups is 1. The molecule has 0 spiro atoms. The van der Waals surface area contributed by atoms with Crippen LogP contribution in [-0.4, -0.2) is 60.5 Å². The zero-order chi connectivity index (χ0) is 19.0. The van der Waals surface area contributed by atoms with Gasteiger partial charge in [0.25, 0.3) is 0 Å². The van der Waals surface area contributed by atoms with E-state index in [1.165, 1.54) is 30.5 Å². The second-order valence-corrected chi connectivity index (χ2v) is 9.12. The van der Waals surface area contributed by atoms with Gasteiger partial charge in [0, 0.05) is 24.8 Å². The quantitative estimate of drug-likeness (QED) is 0.791. The Kier molecular flexibility index (Phi) is 5.45. The van der Waals surface area contributed by atoms with Crippen LogP contribution in [0.3, 0.4) is 0 Å². The van der Waals surface area contributed by atoms with Gasteiger partial charge in [0.15, 0.2) is 0 Å². The van der Waals surface area contributed by atoms with Crippen molar-refractivity contribution < 1.29 is 4.79 Å². The maximum absolute atomic E-state index is 12.9. The molecule has 4 nitrogen and oxygen atoms in total. The number of likely N-dealkylation sites (tertiary alicyclic amines) is 2. The van der Waals surface area contributed by atoms with Gasteiger partial charge in [-0.3, -0.25) is 9.69 Å². The molecule has 1 amide bonds. The number of piperazine rings is 1. The van der Waals surface area contributed by atoms with Crippen LogP contribution in [0.2, 0.25) is 0 Å². The molecule has 3 aliphatic heterocycles. The maximum Gasteiger partial charge on any atom is 0.237 e. The van der Waals surface area contributed by atoms with Gasteiger partial charge in [-0.05, 0) is 61.9 Å². The van der Waals surface area contributed by atoms with Crippen molar-refractivity contribution in [1.82, 2.24) is 9.80 Å². The number of anilines is 1. The fourth-order valence-electron chi connectivity index (χ4n) is 5.17. The highest BCUT2D eigenvalue weighted by Gasteiger charge is 2.45. The number of hydrogen-bond donors (Lipinski definition) is 0. The van der Waals surface area contributed by atoms with Crippen molar-refractivity contribution in [2.24, 2.45) is 5.92 Å². The molecule has 2 atom stereocenters. The van der Waals surface area contributed by atoms with Crippen LogP contribution >= 0.6 is 0 Å². The summed E-state index contributed by atoms with van der Waals surface area (Å²) in [6.07, 6.45) is 4.94. The third kappa shape index (κ3) is 3.87. The van der Waals surface area contributed by atoms with E-state index in [0.29, 0.717) is 30.5 Å². The molecule has 3 aliphatic rings. The second-order valence-electron chi connectivity index (χ2n) is 9.12. The summed E-state index contributed by atoms with van der Waals surface area (Å²) in [5, 5.41) is 0. The Balaban J connectivity index is 1.31. The lowest BCUT2D eigenvalue weighted by atomic mass is 9.94. The Morgan fingerprint density at radius 3 is 2.33 bits per heavy atom. The molecule has 0 radical (unpaired) electrons. The van der Waals surface area contributed by atoms with E-state index in [9.17, 15) is 4.79 Å². The predicted octanol–water partition coefficient (Wildman–Crippen LogP) is 3.72. The maximum atomic E-state index is 12.9. The van der Waals surface area contributed by atoms with Crippen LogP contribution < -0.4 is 4.90 Å². The minimum absolute atomic E-state index is 0.354. The Morgan fingerprint density at radius 2 is 1.78 bits per heavy atom. The first-order chi connectivity index (χ1) is 13.0. The van der Waals surface area contributed by atoms with Gasteiger partial charge < -0.3 is 9.80 Å². The van der Waals surface area contributed by atoms with E-state index >= 15 is 0 Å². The number of nitrogens with zero attached hydrogens (tertiary/aromatic N) is 3. The van der Waals surface area contributed by atoms with Crippen molar-refractivity contribution in [2.45, 2.75) is 64.5 Å². The van der Waals surface area contributed by atoms with Crippen molar-refractivity contribution in [1.29, 1.82) is 0 Å². The van der Waals surface area contributed by atoms with Crippen molar-refractivity contribution in [3.63, 3.8) is 0 Å². The summed E-state index contributed by atoms with van der Waals surface area (Å²) in [4.78, 5) is 20.0. The average Bonchev–Trinajstić information content (AvgIpc) is 3.29. The molecule has 2 unspecified atom stereocenters. The highest BCUT2D eigenvalue weighted by Crippen LogP contribution is 2.35. The topological polar surface area (TPSA) is 26.8 Å². The van der Waals surface area contributed by atoms with Crippen molar-refractivity contribution in [3.8, 4) is 0 Å². The van der Waals surface area contributed by atoms with Crippen LogP contribution in [0.1, 0.15) is 57.9 Å². The first kappa shape index (κ1) is 18.8. The van der Waals surface area contributed by atoms with Crippen molar-refractivity contribution in [2.75, 3.05) is 37.6 Å².